The molecule has 0 spiro atoms. The molecule has 0 saturated heterocycles. The average Bonchev–Trinajstić information content (AvgIpc) is 2.14. The van der Waals surface area contributed by atoms with E-state index in [-0.39, 0.29) is 6.61 Å². The van der Waals surface area contributed by atoms with E-state index in [1.165, 1.54) is 0 Å². The van der Waals surface area contributed by atoms with Crippen LogP contribution in [-0.4, -0.2) is 17.8 Å². The van der Waals surface area contributed by atoms with Crippen molar-refractivity contribution in [3.63, 3.8) is 0 Å². The lowest BCUT2D eigenvalue weighted by Gasteiger charge is -2.16. The molecule has 4 heteroatoms. The number of hydrogen-bond donors (Lipinski definition) is 1. The lowest BCUT2D eigenvalue weighted by molar-refractivity contribution is 0.0890. The quantitative estimate of drug-likeness (QED) is 0.878. The molecule has 0 bridgehead atoms. The van der Waals surface area contributed by atoms with Crippen LogP contribution in [0, 0.1) is 12.8 Å². The van der Waals surface area contributed by atoms with Crippen molar-refractivity contribution in [1.29, 1.82) is 0 Å². The molecule has 0 aromatic heterocycles. The summed E-state index contributed by atoms with van der Waals surface area (Å²) < 4.78 is 5.54. The van der Waals surface area contributed by atoms with Gasteiger partial charge in [-0.05, 0) is 37.0 Å². The largest absolute Gasteiger partial charge is 0.489 e. The van der Waals surface area contributed by atoms with Crippen molar-refractivity contribution in [3.8, 4) is 5.75 Å². The first-order chi connectivity index (χ1) is 7.90. The maximum absolute atomic E-state index is 9.72. The maximum Gasteiger partial charge on any atom is 0.141 e. The summed E-state index contributed by atoms with van der Waals surface area (Å²) in [5.74, 6) is 1.04. The smallest absolute Gasteiger partial charge is 0.141 e. The van der Waals surface area contributed by atoms with Gasteiger partial charge in [-0.2, -0.15) is 0 Å². The van der Waals surface area contributed by atoms with Gasteiger partial charge in [-0.15, -0.1) is 0 Å². The summed E-state index contributed by atoms with van der Waals surface area (Å²) in [5, 5.41) is 10.8. The van der Waals surface area contributed by atoms with Crippen molar-refractivity contribution in [2.24, 2.45) is 5.92 Å². The molecule has 96 valence electrons. The molecule has 1 unspecified atom stereocenters. The molecule has 0 fully saturated rings. The molecule has 17 heavy (non-hydrogen) atoms. The Kier molecular flexibility index (Phi) is 5.57. The Morgan fingerprint density at radius 2 is 1.94 bits per heavy atom. The Morgan fingerprint density at radius 3 is 2.47 bits per heavy atom. The zero-order valence-electron chi connectivity index (χ0n) is 10.3. The van der Waals surface area contributed by atoms with Crippen molar-refractivity contribution in [3.05, 3.63) is 27.7 Å². The molecule has 0 amide bonds. The zero-order valence-corrected chi connectivity index (χ0v) is 11.8. The molecule has 1 atom stereocenters. The number of hydrogen-bond acceptors (Lipinski definition) is 2. The Bertz CT molecular complexity index is 355. The highest BCUT2D eigenvalue weighted by Gasteiger charge is 2.11. The van der Waals surface area contributed by atoms with Crippen molar-refractivity contribution in [2.75, 3.05) is 6.61 Å². The van der Waals surface area contributed by atoms with Crippen LogP contribution in [-0.2, 0) is 0 Å². The van der Waals surface area contributed by atoms with Crippen LogP contribution in [0.4, 0.5) is 0 Å². The highest BCUT2D eigenvalue weighted by atomic mass is 35.5. The number of aliphatic hydroxyl groups is 1. The minimum atomic E-state index is -0.471. The van der Waals surface area contributed by atoms with E-state index in [0.29, 0.717) is 28.1 Å². The van der Waals surface area contributed by atoms with Crippen LogP contribution >= 0.6 is 23.2 Å². The molecule has 0 saturated carbocycles. The Hall–Kier alpha value is -0.440. The van der Waals surface area contributed by atoms with Crippen LogP contribution in [0.25, 0.3) is 0 Å². The predicted molar refractivity (Wildman–Crippen MR) is 72.2 cm³/mol. The van der Waals surface area contributed by atoms with Gasteiger partial charge in [0.25, 0.3) is 0 Å². The number of aliphatic hydroxyl groups excluding tert-OH is 1. The molecule has 2 nitrogen and oxygen atoms in total. The molecule has 0 aliphatic rings. The summed E-state index contributed by atoms with van der Waals surface area (Å²) in [6, 6.07) is 3.43. The number of aryl methyl sites for hydroxylation is 1. The highest BCUT2D eigenvalue weighted by molar-refractivity contribution is 6.35. The third-order valence-corrected chi connectivity index (χ3v) is 2.86. The monoisotopic (exact) mass is 276 g/mol. The summed E-state index contributed by atoms with van der Waals surface area (Å²) >= 11 is 11.9. The Morgan fingerprint density at radius 1 is 1.29 bits per heavy atom. The van der Waals surface area contributed by atoms with Crippen LogP contribution < -0.4 is 4.74 Å². The van der Waals surface area contributed by atoms with Crippen LogP contribution in [0.2, 0.25) is 10.0 Å². The molecule has 1 rings (SSSR count). The van der Waals surface area contributed by atoms with Crippen LogP contribution in [0.3, 0.4) is 0 Å². The first-order valence-corrected chi connectivity index (χ1v) is 6.42. The fourth-order valence-corrected chi connectivity index (χ4v) is 2.31. The van der Waals surface area contributed by atoms with E-state index in [4.69, 9.17) is 27.9 Å². The summed E-state index contributed by atoms with van der Waals surface area (Å²) in [7, 11) is 0. The third kappa shape index (κ3) is 4.74. The van der Waals surface area contributed by atoms with Crippen LogP contribution in [0.15, 0.2) is 12.1 Å². The second kappa shape index (κ2) is 6.48. The number of rotatable bonds is 5. The van der Waals surface area contributed by atoms with Gasteiger partial charge < -0.3 is 9.84 Å². The zero-order chi connectivity index (χ0) is 13.0. The molecule has 1 aromatic carbocycles. The first-order valence-electron chi connectivity index (χ1n) is 5.66. The Balaban J connectivity index is 2.63. The molecule has 1 N–H and O–H groups in total. The number of ether oxygens (including phenoxy) is 1. The van der Waals surface area contributed by atoms with Gasteiger partial charge in [0.05, 0.1) is 11.1 Å². The van der Waals surface area contributed by atoms with E-state index >= 15 is 0 Å². The topological polar surface area (TPSA) is 29.5 Å². The standard InChI is InChI=1S/C13H18Cl2O2/c1-8(2)4-11(16)7-17-13-9(3)5-10(14)6-12(13)15/h5-6,8,11,16H,4,7H2,1-3H3. The summed E-state index contributed by atoms with van der Waals surface area (Å²) in [4.78, 5) is 0. The highest BCUT2D eigenvalue weighted by Crippen LogP contribution is 2.31. The Labute approximate surface area is 113 Å². The molecule has 1 aromatic rings. The summed E-state index contributed by atoms with van der Waals surface area (Å²) in [6.45, 7) is 6.25. The average molecular weight is 277 g/mol. The molecule has 0 aliphatic carbocycles. The molecular weight excluding hydrogens is 259 g/mol. The van der Waals surface area contributed by atoms with Gasteiger partial charge in [-0.3, -0.25) is 0 Å². The number of benzene rings is 1. The molecule has 0 radical (unpaired) electrons. The summed E-state index contributed by atoms with van der Waals surface area (Å²) in [5.41, 5.74) is 0.874. The first kappa shape index (κ1) is 14.6. The summed E-state index contributed by atoms with van der Waals surface area (Å²) in [6.07, 6.45) is 0.241. The lowest BCUT2D eigenvalue weighted by atomic mass is 10.1. The fourth-order valence-electron chi connectivity index (χ4n) is 1.66. The second-order valence-corrected chi connectivity index (χ2v) is 5.47. The van der Waals surface area contributed by atoms with Gasteiger partial charge in [0.1, 0.15) is 12.4 Å². The van der Waals surface area contributed by atoms with Gasteiger partial charge >= 0.3 is 0 Å². The predicted octanol–water partition coefficient (Wildman–Crippen LogP) is 4.09. The van der Waals surface area contributed by atoms with Crippen molar-refractivity contribution in [2.45, 2.75) is 33.3 Å². The van der Waals surface area contributed by atoms with Crippen LogP contribution in [0.1, 0.15) is 25.8 Å². The molecular formula is C13H18Cl2O2. The fraction of sp³-hybridized carbons (Fsp3) is 0.538. The van der Waals surface area contributed by atoms with E-state index in [2.05, 4.69) is 13.8 Å². The van der Waals surface area contributed by atoms with Crippen molar-refractivity contribution in [1.82, 2.24) is 0 Å². The van der Waals surface area contributed by atoms with Gasteiger partial charge in [0.2, 0.25) is 0 Å². The van der Waals surface area contributed by atoms with Gasteiger partial charge in [-0.25, -0.2) is 0 Å². The minimum Gasteiger partial charge on any atom is -0.489 e. The van der Waals surface area contributed by atoms with Gasteiger partial charge in [0, 0.05) is 5.02 Å². The van der Waals surface area contributed by atoms with Gasteiger partial charge in [-0.1, -0.05) is 37.0 Å². The van der Waals surface area contributed by atoms with Crippen molar-refractivity contribution < 1.29 is 9.84 Å². The maximum atomic E-state index is 9.72. The van der Waals surface area contributed by atoms with E-state index in [0.717, 1.165) is 5.56 Å². The van der Waals surface area contributed by atoms with E-state index in [1.807, 2.05) is 6.92 Å². The molecule has 0 heterocycles. The SMILES string of the molecule is Cc1cc(Cl)cc(Cl)c1OCC(O)CC(C)C. The molecule has 0 aliphatic heterocycles. The minimum absolute atomic E-state index is 0.250. The second-order valence-electron chi connectivity index (χ2n) is 4.63. The normalized spacial score (nSPS) is 12.9. The van der Waals surface area contributed by atoms with E-state index < -0.39 is 6.10 Å². The lowest BCUT2D eigenvalue weighted by Crippen LogP contribution is -2.19. The van der Waals surface area contributed by atoms with Crippen molar-refractivity contribution >= 4 is 23.2 Å². The van der Waals surface area contributed by atoms with Gasteiger partial charge in [0.15, 0.2) is 0 Å². The number of halogens is 2. The third-order valence-electron chi connectivity index (χ3n) is 2.36. The van der Waals surface area contributed by atoms with E-state index in [9.17, 15) is 5.11 Å². The van der Waals surface area contributed by atoms with E-state index in [1.54, 1.807) is 12.1 Å². The van der Waals surface area contributed by atoms with Crippen LogP contribution in [0.5, 0.6) is 5.75 Å².